The van der Waals surface area contributed by atoms with Crippen LogP contribution in [0.15, 0.2) is 0 Å². The van der Waals surface area contributed by atoms with Gasteiger partial charge in [0.1, 0.15) is 0 Å². The fourth-order valence-corrected chi connectivity index (χ4v) is 2.15. The third-order valence-corrected chi connectivity index (χ3v) is 3.17. The van der Waals surface area contributed by atoms with Crippen molar-refractivity contribution in [2.75, 3.05) is 26.7 Å². The Morgan fingerprint density at radius 3 is 2.67 bits per heavy atom. The van der Waals surface area contributed by atoms with Crippen LogP contribution < -0.4 is 11.1 Å². The maximum Gasteiger partial charge on any atom is 0.233 e. The second-order valence-corrected chi connectivity index (χ2v) is 4.33. The van der Waals surface area contributed by atoms with Crippen LogP contribution in [-0.2, 0) is 4.79 Å². The van der Waals surface area contributed by atoms with Gasteiger partial charge in [0.2, 0.25) is 5.91 Å². The highest BCUT2D eigenvalue weighted by Crippen LogP contribution is 2.20. The van der Waals surface area contributed by atoms with Crippen LogP contribution in [0.1, 0.15) is 32.1 Å². The number of carbonyl (C=O) groups excluding carboxylic acids is 1. The normalized spacial score (nSPS) is 18.1. The van der Waals surface area contributed by atoms with E-state index in [0.29, 0.717) is 12.6 Å². The van der Waals surface area contributed by atoms with Crippen molar-refractivity contribution in [3.63, 3.8) is 0 Å². The van der Waals surface area contributed by atoms with Crippen LogP contribution in [0.4, 0.5) is 0 Å². The van der Waals surface area contributed by atoms with Crippen molar-refractivity contribution >= 4 is 5.91 Å². The SMILES string of the molecule is CN(CCNC(=O)CN)C1CCCCC1. The zero-order valence-corrected chi connectivity index (χ0v) is 9.67. The highest BCUT2D eigenvalue weighted by atomic mass is 16.1. The first-order valence-electron chi connectivity index (χ1n) is 5.91. The summed E-state index contributed by atoms with van der Waals surface area (Å²) in [5.74, 6) is -0.0629. The van der Waals surface area contributed by atoms with Crippen LogP contribution in [0, 0.1) is 0 Å². The number of nitrogens with one attached hydrogen (secondary N) is 1. The standard InChI is InChI=1S/C11H23N3O/c1-14(8-7-13-11(15)9-12)10-5-3-2-4-6-10/h10H,2-9,12H2,1H3,(H,13,15). The molecule has 88 valence electrons. The van der Waals surface area contributed by atoms with Crippen LogP contribution >= 0.6 is 0 Å². The molecule has 0 atom stereocenters. The summed E-state index contributed by atoms with van der Waals surface area (Å²) in [7, 11) is 2.14. The Kier molecular flexibility index (Phi) is 5.65. The lowest BCUT2D eigenvalue weighted by Crippen LogP contribution is -2.40. The summed E-state index contributed by atoms with van der Waals surface area (Å²) in [6.45, 7) is 1.73. The van der Waals surface area contributed by atoms with Crippen LogP contribution in [0.25, 0.3) is 0 Å². The fourth-order valence-electron chi connectivity index (χ4n) is 2.15. The largest absolute Gasteiger partial charge is 0.354 e. The van der Waals surface area contributed by atoms with Gasteiger partial charge in [0.25, 0.3) is 0 Å². The van der Waals surface area contributed by atoms with Crippen LogP contribution in [0.5, 0.6) is 0 Å². The summed E-state index contributed by atoms with van der Waals surface area (Å²) < 4.78 is 0. The van der Waals surface area contributed by atoms with Crippen molar-refractivity contribution in [3.8, 4) is 0 Å². The van der Waals surface area contributed by atoms with Crippen molar-refractivity contribution < 1.29 is 4.79 Å². The number of hydrogen-bond donors (Lipinski definition) is 2. The minimum absolute atomic E-state index is 0.0629. The van der Waals surface area contributed by atoms with E-state index in [1.54, 1.807) is 0 Å². The first-order valence-corrected chi connectivity index (χ1v) is 5.91. The fraction of sp³-hybridized carbons (Fsp3) is 0.909. The average molecular weight is 213 g/mol. The Morgan fingerprint density at radius 1 is 1.40 bits per heavy atom. The minimum Gasteiger partial charge on any atom is -0.354 e. The van der Waals surface area contributed by atoms with E-state index in [0.717, 1.165) is 6.54 Å². The summed E-state index contributed by atoms with van der Waals surface area (Å²) in [5.41, 5.74) is 5.21. The van der Waals surface area contributed by atoms with Crippen molar-refractivity contribution in [2.45, 2.75) is 38.1 Å². The van der Waals surface area contributed by atoms with Crippen molar-refractivity contribution in [2.24, 2.45) is 5.73 Å². The molecule has 0 aromatic rings. The first kappa shape index (κ1) is 12.5. The Hall–Kier alpha value is -0.610. The lowest BCUT2D eigenvalue weighted by atomic mass is 9.94. The maximum atomic E-state index is 10.9. The maximum absolute atomic E-state index is 10.9. The van der Waals surface area contributed by atoms with Gasteiger partial charge in [-0.1, -0.05) is 19.3 Å². The number of likely N-dealkylation sites (N-methyl/N-ethyl adjacent to an activating group) is 1. The molecule has 0 aromatic carbocycles. The number of carbonyl (C=O) groups is 1. The minimum atomic E-state index is -0.0629. The molecule has 4 heteroatoms. The molecule has 15 heavy (non-hydrogen) atoms. The molecule has 0 spiro atoms. The molecule has 0 radical (unpaired) electrons. The van der Waals surface area contributed by atoms with E-state index >= 15 is 0 Å². The molecule has 1 amide bonds. The smallest absolute Gasteiger partial charge is 0.233 e. The molecule has 1 aliphatic carbocycles. The number of hydrogen-bond acceptors (Lipinski definition) is 3. The molecule has 0 bridgehead atoms. The molecule has 0 aliphatic heterocycles. The quantitative estimate of drug-likeness (QED) is 0.692. The molecule has 0 heterocycles. The number of amides is 1. The van der Waals surface area contributed by atoms with Gasteiger partial charge in [-0.05, 0) is 19.9 Å². The summed E-state index contributed by atoms with van der Waals surface area (Å²) in [4.78, 5) is 13.3. The van der Waals surface area contributed by atoms with Crippen molar-refractivity contribution in [1.82, 2.24) is 10.2 Å². The summed E-state index contributed by atoms with van der Waals surface area (Å²) in [6, 6.07) is 0.716. The summed E-state index contributed by atoms with van der Waals surface area (Å²) in [6.07, 6.45) is 6.70. The predicted octanol–water partition coefficient (Wildman–Crippen LogP) is 0.326. The van der Waals surface area contributed by atoms with E-state index in [-0.39, 0.29) is 12.5 Å². The first-order chi connectivity index (χ1) is 7.24. The zero-order chi connectivity index (χ0) is 11.1. The van der Waals surface area contributed by atoms with Gasteiger partial charge < -0.3 is 16.0 Å². The molecule has 0 unspecified atom stereocenters. The molecule has 3 N–H and O–H groups in total. The average Bonchev–Trinajstić information content (AvgIpc) is 2.29. The highest BCUT2D eigenvalue weighted by Gasteiger charge is 2.17. The lowest BCUT2D eigenvalue weighted by Gasteiger charge is -2.31. The van der Waals surface area contributed by atoms with E-state index in [9.17, 15) is 4.79 Å². The Balaban J connectivity index is 2.11. The molecule has 0 saturated heterocycles. The van der Waals surface area contributed by atoms with Gasteiger partial charge >= 0.3 is 0 Å². The van der Waals surface area contributed by atoms with Gasteiger partial charge in [-0.15, -0.1) is 0 Å². The third kappa shape index (κ3) is 4.62. The van der Waals surface area contributed by atoms with E-state index < -0.39 is 0 Å². The number of nitrogens with zero attached hydrogens (tertiary/aromatic N) is 1. The second-order valence-electron chi connectivity index (χ2n) is 4.33. The Morgan fingerprint density at radius 2 is 2.07 bits per heavy atom. The van der Waals surface area contributed by atoms with Crippen LogP contribution in [0.3, 0.4) is 0 Å². The van der Waals surface area contributed by atoms with Gasteiger partial charge in [0.05, 0.1) is 6.54 Å². The van der Waals surface area contributed by atoms with Gasteiger partial charge in [-0.3, -0.25) is 4.79 Å². The lowest BCUT2D eigenvalue weighted by molar-refractivity contribution is -0.119. The van der Waals surface area contributed by atoms with E-state index in [4.69, 9.17) is 5.73 Å². The molecule has 1 fully saturated rings. The van der Waals surface area contributed by atoms with E-state index in [1.807, 2.05) is 0 Å². The van der Waals surface area contributed by atoms with Gasteiger partial charge in [-0.25, -0.2) is 0 Å². The number of rotatable bonds is 5. The van der Waals surface area contributed by atoms with Crippen LogP contribution in [-0.4, -0.2) is 43.5 Å². The van der Waals surface area contributed by atoms with E-state index in [1.165, 1.54) is 32.1 Å². The van der Waals surface area contributed by atoms with E-state index in [2.05, 4.69) is 17.3 Å². The molecule has 1 aliphatic rings. The van der Waals surface area contributed by atoms with Crippen molar-refractivity contribution in [3.05, 3.63) is 0 Å². The molecular formula is C11H23N3O. The summed E-state index contributed by atoms with van der Waals surface area (Å²) >= 11 is 0. The highest BCUT2D eigenvalue weighted by molar-refractivity contribution is 5.77. The number of nitrogens with two attached hydrogens (primary N) is 1. The molecule has 1 rings (SSSR count). The summed E-state index contributed by atoms with van der Waals surface area (Å²) in [5, 5.41) is 2.80. The zero-order valence-electron chi connectivity index (χ0n) is 9.67. The monoisotopic (exact) mass is 213 g/mol. The second kappa shape index (κ2) is 6.80. The third-order valence-electron chi connectivity index (χ3n) is 3.17. The molecule has 1 saturated carbocycles. The molecular weight excluding hydrogens is 190 g/mol. The molecule has 0 aromatic heterocycles. The van der Waals surface area contributed by atoms with Crippen LogP contribution in [0.2, 0.25) is 0 Å². The van der Waals surface area contributed by atoms with Gasteiger partial charge in [0.15, 0.2) is 0 Å². The molecule has 4 nitrogen and oxygen atoms in total. The Bertz CT molecular complexity index is 190. The predicted molar refractivity (Wildman–Crippen MR) is 61.6 cm³/mol. The topological polar surface area (TPSA) is 58.4 Å². The Labute approximate surface area is 92.2 Å². The van der Waals surface area contributed by atoms with Crippen molar-refractivity contribution in [1.29, 1.82) is 0 Å². The van der Waals surface area contributed by atoms with Gasteiger partial charge in [-0.2, -0.15) is 0 Å². The van der Waals surface area contributed by atoms with Gasteiger partial charge in [0, 0.05) is 19.1 Å².